The van der Waals surface area contributed by atoms with E-state index in [4.69, 9.17) is 16.3 Å². The molecule has 1 aliphatic rings. The van der Waals surface area contributed by atoms with Crippen LogP contribution in [-0.2, 0) is 6.54 Å². The summed E-state index contributed by atoms with van der Waals surface area (Å²) in [6, 6.07) is 9.68. The molecule has 0 aliphatic carbocycles. The molecule has 1 aliphatic heterocycles. The molecule has 3 rings (SSSR count). The smallest absolute Gasteiger partial charge is 0.252 e. The normalized spacial score (nSPS) is 17.5. The van der Waals surface area contributed by atoms with E-state index in [-0.39, 0.29) is 5.56 Å². The number of methoxy groups -OCH3 is 1. The highest BCUT2D eigenvalue weighted by Gasteiger charge is 2.24. The number of pyridine rings is 1. The van der Waals surface area contributed by atoms with Crippen molar-refractivity contribution >= 4 is 17.3 Å². The van der Waals surface area contributed by atoms with Gasteiger partial charge in [0.15, 0.2) is 0 Å². The lowest BCUT2D eigenvalue weighted by atomic mass is 10.2. The minimum Gasteiger partial charge on any atom is -0.495 e. The Kier molecular flexibility index (Phi) is 4.88. The third kappa shape index (κ3) is 3.68. The lowest BCUT2D eigenvalue weighted by molar-refractivity contribution is 0.414. The second-order valence-corrected chi connectivity index (χ2v) is 6.09. The number of rotatable bonds is 5. The van der Waals surface area contributed by atoms with E-state index in [2.05, 4.69) is 15.2 Å². The molecule has 0 bridgehead atoms. The number of anilines is 1. The molecule has 0 spiro atoms. The van der Waals surface area contributed by atoms with Crippen LogP contribution >= 0.6 is 11.6 Å². The molecule has 122 valence electrons. The van der Waals surface area contributed by atoms with Crippen molar-refractivity contribution in [2.24, 2.45) is 0 Å². The lowest BCUT2D eigenvalue weighted by Crippen LogP contribution is -2.33. The first-order valence-corrected chi connectivity index (χ1v) is 8.03. The Morgan fingerprint density at radius 3 is 3.09 bits per heavy atom. The van der Waals surface area contributed by atoms with Crippen LogP contribution in [0.3, 0.4) is 0 Å². The first-order valence-electron chi connectivity index (χ1n) is 7.66. The van der Waals surface area contributed by atoms with Crippen molar-refractivity contribution in [2.45, 2.75) is 19.0 Å². The van der Waals surface area contributed by atoms with E-state index in [1.54, 1.807) is 13.3 Å². The van der Waals surface area contributed by atoms with Gasteiger partial charge in [0.25, 0.3) is 5.56 Å². The summed E-state index contributed by atoms with van der Waals surface area (Å²) in [5.74, 6) is 0.828. The Hall–Kier alpha value is -1.98. The second-order valence-electron chi connectivity index (χ2n) is 5.65. The van der Waals surface area contributed by atoms with Crippen LogP contribution in [0.2, 0.25) is 5.02 Å². The molecule has 0 amide bonds. The summed E-state index contributed by atoms with van der Waals surface area (Å²) in [5.41, 5.74) is 1.74. The van der Waals surface area contributed by atoms with Crippen LogP contribution in [-0.4, -0.2) is 31.2 Å². The summed E-state index contributed by atoms with van der Waals surface area (Å²) in [7, 11) is 1.67. The highest BCUT2D eigenvalue weighted by Crippen LogP contribution is 2.33. The summed E-state index contributed by atoms with van der Waals surface area (Å²) in [6.45, 7) is 2.36. The third-order valence-corrected chi connectivity index (χ3v) is 4.39. The van der Waals surface area contributed by atoms with Crippen LogP contribution in [0.5, 0.6) is 5.75 Å². The van der Waals surface area contributed by atoms with Crippen LogP contribution < -0.4 is 20.5 Å². The van der Waals surface area contributed by atoms with Crippen molar-refractivity contribution in [3.05, 3.63) is 57.5 Å². The zero-order chi connectivity index (χ0) is 16.2. The molecule has 2 N–H and O–H groups in total. The van der Waals surface area contributed by atoms with Crippen LogP contribution in [0.25, 0.3) is 0 Å². The number of hydrogen-bond donors (Lipinski definition) is 2. The largest absolute Gasteiger partial charge is 0.495 e. The Morgan fingerprint density at radius 1 is 1.43 bits per heavy atom. The molecule has 1 aromatic carbocycles. The van der Waals surface area contributed by atoms with Crippen LogP contribution in [0.1, 0.15) is 12.0 Å². The first-order chi connectivity index (χ1) is 11.2. The van der Waals surface area contributed by atoms with Gasteiger partial charge in [-0.25, -0.2) is 0 Å². The Bertz CT molecular complexity index is 732. The highest BCUT2D eigenvalue weighted by molar-refractivity contribution is 6.30. The van der Waals surface area contributed by atoms with Gasteiger partial charge in [-0.1, -0.05) is 17.7 Å². The molecular weight excluding hydrogens is 314 g/mol. The van der Waals surface area contributed by atoms with E-state index < -0.39 is 0 Å². The summed E-state index contributed by atoms with van der Waals surface area (Å²) < 4.78 is 5.43. The van der Waals surface area contributed by atoms with E-state index >= 15 is 0 Å². The summed E-state index contributed by atoms with van der Waals surface area (Å²) in [4.78, 5) is 16.6. The van der Waals surface area contributed by atoms with Gasteiger partial charge in [-0.05, 0) is 30.7 Å². The molecule has 1 saturated heterocycles. The third-order valence-electron chi connectivity index (χ3n) is 4.15. The molecule has 1 atom stereocenters. The van der Waals surface area contributed by atoms with Crippen molar-refractivity contribution in [2.75, 3.05) is 25.1 Å². The Balaban J connectivity index is 1.64. The van der Waals surface area contributed by atoms with Gasteiger partial charge in [-0.3, -0.25) is 4.79 Å². The molecule has 1 unspecified atom stereocenters. The van der Waals surface area contributed by atoms with Gasteiger partial charge in [0.2, 0.25) is 0 Å². The Morgan fingerprint density at radius 2 is 2.30 bits per heavy atom. The predicted octanol–water partition coefficient (Wildman–Crippen LogP) is 2.41. The molecule has 0 radical (unpaired) electrons. The van der Waals surface area contributed by atoms with E-state index in [0.29, 0.717) is 17.6 Å². The van der Waals surface area contributed by atoms with E-state index in [1.165, 1.54) is 0 Å². The molecule has 1 fully saturated rings. The molecule has 2 heterocycles. The van der Waals surface area contributed by atoms with Crippen molar-refractivity contribution in [1.82, 2.24) is 10.3 Å². The number of aromatic nitrogens is 1. The minimum absolute atomic E-state index is 0.0358. The fourth-order valence-electron chi connectivity index (χ4n) is 2.91. The highest BCUT2D eigenvalue weighted by atomic mass is 35.5. The maximum atomic E-state index is 11.7. The standard InChI is InChI=1S/C17H20ClN3O2/c1-23-16-5-4-13(18)9-15(16)21-8-6-14(11-21)20-10-12-3-2-7-19-17(12)22/h2-5,7,9,14,20H,6,8,10-11H2,1H3,(H,19,22). The van der Waals surface area contributed by atoms with E-state index in [0.717, 1.165) is 36.5 Å². The van der Waals surface area contributed by atoms with Gasteiger partial charge in [0.1, 0.15) is 5.75 Å². The monoisotopic (exact) mass is 333 g/mol. The second kappa shape index (κ2) is 7.06. The average molecular weight is 334 g/mol. The molecule has 0 saturated carbocycles. The fraction of sp³-hybridized carbons (Fsp3) is 0.353. The maximum absolute atomic E-state index is 11.7. The van der Waals surface area contributed by atoms with Crippen molar-refractivity contribution in [3.63, 3.8) is 0 Å². The zero-order valence-electron chi connectivity index (χ0n) is 13.0. The number of benzene rings is 1. The number of ether oxygens (including phenoxy) is 1. The maximum Gasteiger partial charge on any atom is 0.252 e. The first kappa shape index (κ1) is 15.9. The van der Waals surface area contributed by atoms with Crippen LogP contribution in [0.15, 0.2) is 41.3 Å². The van der Waals surface area contributed by atoms with E-state index in [9.17, 15) is 4.79 Å². The van der Waals surface area contributed by atoms with Crippen molar-refractivity contribution < 1.29 is 4.74 Å². The quantitative estimate of drug-likeness (QED) is 0.882. The zero-order valence-corrected chi connectivity index (χ0v) is 13.8. The number of halogens is 1. The SMILES string of the molecule is COc1ccc(Cl)cc1N1CCC(NCc2ccc[nH]c2=O)C1. The number of hydrogen-bond acceptors (Lipinski definition) is 4. The fourth-order valence-corrected chi connectivity index (χ4v) is 3.07. The van der Waals surface area contributed by atoms with Gasteiger partial charge in [0.05, 0.1) is 12.8 Å². The van der Waals surface area contributed by atoms with Gasteiger partial charge >= 0.3 is 0 Å². The van der Waals surface area contributed by atoms with Gasteiger partial charge < -0.3 is 19.9 Å². The van der Waals surface area contributed by atoms with Crippen molar-refractivity contribution in [1.29, 1.82) is 0 Å². The predicted molar refractivity (Wildman–Crippen MR) is 92.5 cm³/mol. The molecule has 1 aromatic heterocycles. The number of aromatic amines is 1. The molecular formula is C17H20ClN3O2. The summed E-state index contributed by atoms with van der Waals surface area (Å²) >= 11 is 6.11. The summed E-state index contributed by atoms with van der Waals surface area (Å²) in [6.07, 6.45) is 2.66. The number of H-pyrrole nitrogens is 1. The molecule has 5 nitrogen and oxygen atoms in total. The Labute approximate surface area is 140 Å². The van der Waals surface area contributed by atoms with Crippen molar-refractivity contribution in [3.8, 4) is 5.75 Å². The number of nitrogens with one attached hydrogen (secondary N) is 2. The van der Waals surface area contributed by atoms with Crippen LogP contribution in [0.4, 0.5) is 5.69 Å². The lowest BCUT2D eigenvalue weighted by Gasteiger charge is -2.21. The number of nitrogens with zero attached hydrogens (tertiary/aromatic N) is 1. The van der Waals surface area contributed by atoms with Gasteiger partial charge in [0, 0.05) is 42.5 Å². The topological polar surface area (TPSA) is 57.4 Å². The molecule has 6 heteroatoms. The van der Waals surface area contributed by atoms with Gasteiger partial charge in [-0.2, -0.15) is 0 Å². The van der Waals surface area contributed by atoms with Crippen LogP contribution in [0, 0.1) is 0 Å². The van der Waals surface area contributed by atoms with Gasteiger partial charge in [-0.15, -0.1) is 0 Å². The minimum atomic E-state index is -0.0358. The van der Waals surface area contributed by atoms with E-state index in [1.807, 2.05) is 30.3 Å². The summed E-state index contributed by atoms with van der Waals surface area (Å²) in [5, 5.41) is 4.16. The average Bonchev–Trinajstić information content (AvgIpc) is 3.03. The molecule has 2 aromatic rings. The molecule has 23 heavy (non-hydrogen) atoms.